The fourth-order valence-corrected chi connectivity index (χ4v) is 3.21. The van der Waals surface area contributed by atoms with Gasteiger partial charge in [0.1, 0.15) is 11.9 Å². The minimum Gasteiger partial charge on any atom is -0.356 e. The highest BCUT2D eigenvalue weighted by Gasteiger charge is 2.32. The number of amides is 2. The van der Waals surface area contributed by atoms with Gasteiger partial charge in [0.2, 0.25) is 11.8 Å². The van der Waals surface area contributed by atoms with Crippen molar-refractivity contribution in [2.75, 3.05) is 6.54 Å². The summed E-state index contributed by atoms with van der Waals surface area (Å²) in [5.74, 6) is 2.66. The molecular formula is C16H18N4O3. The molecule has 0 radical (unpaired) electrons. The van der Waals surface area contributed by atoms with E-state index in [1.54, 1.807) is 0 Å². The Balaban J connectivity index is 1.69. The maximum absolute atomic E-state index is 12.5. The van der Waals surface area contributed by atoms with E-state index in [1.165, 1.54) is 16.8 Å². The van der Waals surface area contributed by atoms with Crippen LogP contribution in [0.5, 0.6) is 0 Å². The number of aromatic nitrogens is 2. The molecule has 0 bridgehead atoms. The minimum absolute atomic E-state index is 0.0221. The zero-order chi connectivity index (χ0) is 16.4. The molecule has 0 saturated carbocycles. The van der Waals surface area contributed by atoms with Gasteiger partial charge >= 0.3 is 0 Å². The molecule has 1 saturated heterocycles. The van der Waals surface area contributed by atoms with Crippen LogP contribution in [0.25, 0.3) is 0 Å². The molecule has 1 aromatic rings. The number of rotatable bonds is 4. The van der Waals surface area contributed by atoms with Crippen LogP contribution in [0.15, 0.2) is 17.1 Å². The van der Waals surface area contributed by atoms with Crippen LogP contribution in [0.3, 0.4) is 0 Å². The van der Waals surface area contributed by atoms with E-state index in [1.807, 2.05) is 0 Å². The smallest absolute Gasteiger partial charge is 0.254 e. The van der Waals surface area contributed by atoms with Gasteiger partial charge in [-0.25, -0.2) is 4.98 Å². The number of hydrogen-bond acceptors (Lipinski definition) is 4. The maximum atomic E-state index is 12.5. The van der Waals surface area contributed by atoms with Crippen LogP contribution in [-0.4, -0.2) is 34.0 Å². The van der Waals surface area contributed by atoms with E-state index >= 15 is 0 Å². The first-order valence-corrected chi connectivity index (χ1v) is 7.71. The van der Waals surface area contributed by atoms with E-state index in [0.717, 1.165) is 6.42 Å². The second-order valence-corrected chi connectivity index (χ2v) is 5.86. The summed E-state index contributed by atoms with van der Waals surface area (Å²) in [5.41, 5.74) is -0.236. The number of hydrogen-bond donors (Lipinski definition) is 2. The van der Waals surface area contributed by atoms with E-state index < -0.39 is 12.1 Å². The van der Waals surface area contributed by atoms with Crippen molar-refractivity contribution in [1.29, 1.82) is 0 Å². The highest BCUT2D eigenvalue weighted by atomic mass is 16.2. The summed E-state index contributed by atoms with van der Waals surface area (Å²) >= 11 is 0. The highest BCUT2D eigenvalue weighted by Crippen LogP contribution is 2.22. The predicted molar refractivity (Wildman–Crippen MR) is 82.4 cm³/mol. The van der Waals surface area contributed by atoms with Gasteiger partial charge in [0.25, 0.3) is 5.56 Å². The third-order valence-corrected chi connectivity index (χ3v) is 4.41. The van der Waals surface area contributed by atoms with E-state index in [-0.39, 0.29) is 23.3 Å². The van der Waals surface area contributed by atoms with E-state index in [9.17, 15) is 14.4 Å². The number of nitrogens with zero attached hydrogens (tertiary/aromatic N) is 2. The van der Waals surface area contributed by atoms with Crippen LogP contribution in [0.4, 0.5) is 0 Å². The molecule has 1 aromatic heterocycles. The van der Waals surface area contributed by atoms with Gasteiger partial charge < -0.3 is 10.6 Å². The van der Waals surface area contributed by atoms with E-state index in [2.05, 4.69) is 21.5 Å². The Bertz CT molecular complexity index is 734. The highest BCUT2D eigenvalue weighted by molar-refractivity contribution is 5.82. The molecule has 120 valence electrons. The predicted octanol–water partition coefficient (Wildman–Crippen LogP) is -0.625. The first-order valence-electron chi connectivity index (χ1n) is 7.71. The van der Waals surface area contributed by atoms with Crippen molar-refractivity contribution in [3.8, 4) is 12.3 Å². The maximum Gasteiger partial charge on any atom is 0.254 e. The van der Waals surface area contributed by atoms with Crippen molar-refractivity contribution in [2.45, 2.75) is 37.8 Å². The molecule has 23 heavy (non-hydrogen) atoms. The fraction of sp³-hybridized carbons (Fsp3) is 0.500. The van der Waals surface area contributed by atoms with Gasteiger partial charge in [0, 0.05) is 31.1 Å². The van der Waals surface area contributed by atoms with Crippen LogP contribution >= 0.6 is 0 Å². The Morgan fingerprint density at radius 3 is 3.04 bits per heavy atom. The summed E-state index contributed by atoms with van der Waals surface area (Å²) in [6, 6.07) is 0.239. The SMILES string of the molecule is C#C[C@H](C[C@@H]1CCNC1=O)NC(=O)[C@@H]1CCc2nccc(=O)n21. The molecule has 0 aliphatic carbocycles. The standard InChI is InChI=1S/C16H18N4O3/c1-2-11(9-10-5-7-18-15(10)22)19-16(23)12-3-4-13-17-8-6-14(21)20(12)13/h1,6,8,10-12H,3-5,7,9H2,(H,18,22)(H,19,23)/t10-,11+,12-/m0/s1. The average molecular weight is 314 g/mol. The third-order valence-electron chi connectivity index (χ3n) is 4.41. The summed E-state index contributed by atoms with van der Waals surface area (Å²) in [6.45, 7) is 0.645. The van der Waals surface area contributed by atoms with Gasteiger partial charge in [-0.3, -0.25) is 19.0 Å². The third kappa shape index (κ3) is 2.97. The molecule has 3 atom stereocenters. The monoisotopic (exact) mass is 314 g/mol. The van der Waals surface area contributed by atoms with E-state index in [0.29, 0.717) is 31.6 Å². The van der Waals surface area contributed by atoms with Gasteiger partial charge in [0.15, 0.2) is 0 Å². The molecule has 0 spiro atoms. The largest absolute Gasteiger partial charge is 0.356 e. The molecule has 2 N–H and O–H groups in total. The minimum atomic E-state index is -0.584. The Kier molecular flexibility index (Phi) is 4.15. The van der Waals surface area contributed by atoms with Gasteiger partial charge in [-0.15, -0.1) is 6.42 Å². The second kappa shape index (κ2) is 6.24. The molecule has 2 amide bonds. The van der Waals surface area contributed by atoms with Crippen molar-refractivity contribution in [2.24, 2.45) is 5.92 Å². The van der Waals surface area contributed by atoms with Gasteiger partial charge in [-0.1, -0.05) is 5.92 Å². The molecule has 2 aliphatic rings. The first-order chi connectivity index (χ1) is 11.1. The summed E-state index contributed by atoms with van der Waals surface area (Å²) in [6.07, 6.45) is 9.19. The number of terminal acetylenes is 1. The lowest BCUT2D eigenvalue weighted by Crippen LogP contribution is -2.41. The number of nitrogens with one attached hydrogen (secondary N) is 2. The van der Waals surface area contributed by atoms with Crippen LogP contribution in [0, 0.1) is 18.3 Å². The number of aryl methyl sites for hydroxylation is 1. The molecule has 3 heterocycles. The van der Waals surface area contributed by atoms with Gasteiger partial charge in [-0.05, 0) is 19.3 Å². The molecule has 7 heteroatoms. The lowest BCUT2D eigenvalue weighted by atomic mass is 9.98. The fourth-order valence-electron chi connectivity index (χ4n) is 3.21. The Labute approximate surface area is 133 Å². The van der Waals surface area contributed by atoms with Crippen molar-refractivity contribution in [3.63, 3.8) is 0 Å². The molecule has 3 rings (SSSR count). The van der Waals surface area contributed by atoms with Crippen LogP contribution in [0.2, 0.25) is 0 Å². The lowest BCUT2D eigenvalue weighted by molar-refractivity contribution is -0.126. The number of fused-ring (bicyclic) bond motifs is 1. The zero-order valence-corrected chi connectivity index (χ0v) is 12.6. The van der Waals surface area contributed by atoms with Crippen molar-refractivity contribution in [3.05, 3.63) is 28.4 Å². The normalized spacial score (nSPS) is 23.7. The molecular weight excluding hydrogens is 296 g/mol. The first kappa shape index (κ1) is 15.3. The van der Waals surface area contributed by atoms with Crippen molar-refractivity contribution < 1.29 is 9.59 Å². The molecule has 1 fully saturated rings. The molecule has 0 aromatic carbocycles. The quantitative estimate of drug-likeness (QED) is 0.724. The Morgan fingerprint density at radius 1 is 1.52 bits per heavy atom. The summed E-state index contributed by atoms with van der Waals surface area (Å²) in [7, 11) is 0. The van der Waals surface area contributed by atoms with Crippen LogP contribution < -0.4 is 16.2 Å². The van der Waals surface area contributed by atoms with E-state index in [4.69, 9.17) is 6.42 Å². The zero-order valence-electron chi connectivity index (χ0n) is 12.6. The topological polar surface area (TPSA) is 93.1 Å². The van der Waals surface area contributed by atoms with Crippen LogP contribution in [-0.2, 0) is 16.0 Å². The molecule has 7 nitrogen and oxygen atoms in total. The number of carbonyl (C=O) groups excluding carboxylic acids is 2. The lowest BCUT2D eigenvalue weighted by Gasteiger charge is -2.19. The van der Waals surface area contributed by atoms with Gasteiger partial charge in [0.05, 0.1) is 6.04 Å². The van der Waals surface area contributed by atoms with Crippen LogP contribution in [0.1, 0.15) is 31.1 Å². The summed E-state index contributed by atoms with van der Waals surface area (Å²) < 4.78 is 1.42. The Hall–Kier alpha value is -2.62. The summed E-state index contributed by atoms with van der Waals surface area (Å²) in [4.78, 5) is 40.2. The second-order valence-electron chi connectivity index (χ2n) is 5.86. The molecule has 2 aliphatic heterocycles. The average Bonchev–Trinajstić information content (AvgIpc) is 3.14. The van der Waals surface area contributed by atoms with Gasteiger partial charge in [-0.2, -0.15) is 0 Å². The molecule has 0 unspecified atom stereocenters. The van der Waals surface area contributed by atoms with Crippen molar-refractivity contribution in [1.82, 2.24) is 20.2 Å². The van der Waals surface area contributed by atoms with Crippen molar-refractivity contribution >= 4 is 11.8 Å². The Morgan fingerprint density at radius 2 is 2.35 bits per heavy atom. The summed E-state index contributed by atoms with van der Waals surface area (Å²) in [5, 5.41) is 5.54. The number of carbonyl (C=O) groups is 2.